The first-order valence-corrected chi connectivity index (χ1v) is 10.9. The average molecular weight is 428 g/mol. The summed E-state index contributed by atoms with van der Waals surface area (Å²) in [6, 6.07) is 14.7. The standard InChI is InChI=1S/C24H30ClN3O2/c1-17(2)16-21(26-23(29)19-9-5-4-8-18(19)3)24(30)28-14-12-27(13-15-28)22-11-7-6-10-20(22)25/h4-11,17,21H,12-16H2,1-3H3,(H,26,29)/t21-/m1/s1. The zero-order valence-electron chi connectivity index (χ0n) is 17.9. The van der Waals surface area contributed by atoms with E-state index in [1.165, 1.54) is 0 Å². The molecule has 1 heterocycles. The van der Waals surface area contributed by atoms with Crippen LogP contribution in [0.5, 0.6) is 0 Å². The van der Waals surface area contributed by atoms with Gasteiger partial charge in [-0.05, 0) is 43.0 Å². The van der Waals surface area contributed by atoms with Crippen molar-refractivity contribution in [2.24, 2.45) is 5.92 Å². The Kier molecular flexibility index (Phi) is 7.38. The quantitative estimate of drug-likeness (QED) is 0.753. The van der Waals surface area contributed by atoms with Gasteiger partial charge in [-0.1, -0.05) is 55.8 Å². The van der Waals surface area contributed by atoms with Gasteiger partial charge in [0.25, 0.3) is 5.91 Å². The van der Waals surface area contributed by atoms with E-state index < -0.39 is 6.04 Å². The Morgan fingerprint density at radius 2 is 1.63 bits per heavy atom. The first kappa shape index (κ1) is 22.2. The van der Waals surface area contributed by atoms with Crippen molar-refractivity contribution in [1.82, 2.24) is 10.2 Å². The van der Waals surface area contributed by atoms with Crippen LogP contribution in [0.2, 0.25) is 5.02 Å². The molecule has 2 aromatic rings. The van der Waals surface area contributed by atoms with Gasteiger partial charge in [0.15, 0.2) is 0 Å². The van der Waals surface area contributed by atoms with E-state index >= 15 is 0 Å². The summed E-state index contributed by atoms with van der Waals surface area (Å²) in [4.78, 5) is 30.1. The summed E-state index contributed by atoms with van der Waals surface area (Å²) in [5.74, 6) is 0.0896. The van der Waals surface area contributed by atoms with Crippen LogP contribution in [0.15, 0.2) is 48.5 Å². The molecule has 1 aliphatic rings. The maximum absolute atomic E-state index is 13.3. The third-order valence-corrected chi connectivity index (χ3v) is 5.80. The molecule has 0 aliphatic carbocycles. The number of hydrogen-bond acceptors (Lipinski definition) is 3. The van der Waals surface area contributed by atoms with E-state index in [-0.39, 0.29) is 11.8 Å². The Labute approximate surface area is 184 Å². The molecule has 2 aromatic carbocycles. The molecule has 30 heavy (non-hydrogen) atoms. The number of para-hydroxylation sites is 1. The normalized spacial score (nSPS) is 15.2. The number of halogens is 1. The summed E-state index contributed by atoms with van der Waals surface area (Å²) in [5.41, 5.74) is 2.51. The summed E-state index contributed by atoms with van der Waals surface area (Å²) >= 11 is 6.32. The summed E-state index contributed by atoms with van der Waals surface area (Å²) in [6.45, 7) is 8.69. The minimum atomic E-state index is -0.524. The monoisotopic (exact) mass is 427 g/mol. The molecule has 1 N–H and O–H groups in total. The number of carbonyl (C=O) groups is 2. The number of amides is 2. The van der Waals surface area contributed by atoms with E-state index in [1.807, 2.05) is 54.3 Å². The topological polar surface area (TPSA) is 52.7 Å². The van der Waals surface area contributed by atoms with Crippen molar-refractivity contribution in [2.75, 3.05) is 31.1 Å². The van der Waals surface area contributed by atoms with Crippen LogP contribution < -0.4 is 10.2 Å². The van der Waals surface area contributed by atoms with Gasteiger partial charge in [0.2, 0.25) is 5.91 Å². The predicted octanol–water partition coefficient (Wildman–Crippen LogP) is 4.14. The van der Waals surface area contributed by atoms with Crippen LogP contribution in [-0.2, 0) is 4.79 Å². The van der Waals surface area contributed by atoms with Crippen LogP contribution in [0, 0.1) is 12.8 Å². The lowest BCUT2D eigenvalue weighted by Gasteiger charge is -2.38. The smallest absolute Gasteiger partial charge is 0.252 e. The van der Waals surface area contributed by atoms with E-state index in [4.69, 9.17) is 11.6 Å². The fourth-order valence-corrected chi connectivity index (χ4v) is 4.11. The van der Waals surface area contributed by atoms with Gasteiger partial charge >= 0.3 is 0 Å². The van der Waals surface area contributed by atoms with Crippen LogP contribution in [0.3, 0.4) is 0 Å². The van der Waals surface area contributed by atoms with Crippen LogP contribution in [0.1, 0.15) is 36.2 Å². The van der Waals surface area contributed by atoms with Crippen molar-refractivity contribution in [2.45, 2.75) is 33.2 Å². The molecule has 0 aromatic heterocycles. The maximum Gasteiger partial charge on any atom is 0.252 e. The van der Waals surface area contributed by atoms with Gasteiger partial charge in [0, 0.05) is 31.7 Å². The first-order chi connectivity index (χ1) is 14.4. The second-order valence-corrected chi connectivity index (χ2v) is 8.64. The largest absolute Gasteiger partial charge is 0.367 e. The van der Waals surface area contributed by atoms with E-state index in [0.29, 0.717) is 31.0 Å². The lowest BCUT2D eigenvalue weighted by atomic mass is 10.0. The second kappa shape index (κ2) is 9.98. The van der Waals surface area contributed by atoms with Gasteiger partial charge < -0.3 is 15.1 Å². The second-order valence-electron chi connectivity index (χ2n) is 8.23. The average Bonchev–Trinajstić information content (AvgIpc) is 2.73. The van der Waals surface area contributed by atoms with Crippen LogP contribution in [-0.4, -0.2) is 48.9 Å². The van der Waals surface area contributed by atoms with Crippen molar-refractivity contribution in [1.29, 1.82) is 0 Å². The molecule has 1 saturated heterocycles. The van der Waals surface area contributed by atoms with Crippen molar-refractivity contribution in [3.05, 3.63) is 64.7 Å². The Balaban J connectivity index is 1.66. The summed E-state index contributed by atoms with van der Waals surface area (Å²) in [6.07, 6.45) is 0.612. The number of aryl methyl sites for hydroxylation is 1. The molecule has 3 rings (SSSR count). The van der Waals surface area contributed by atoms with Crippen LogP contribution in [0.25, 0.3) is 0 Å². The molecule has 1 aliphatic heterocycles. The van der Waals surface area contributed by atoms with Gasteiger partial charge in [0.05, 0.1) is 10.7 Å². The lowest BCUT2D eigenvalue weighted by Crippen LogP contribution is -2.55. The molecular formula is C24H30ClN3O2. The zero-order chi connectivity index (χ0) is 21.7. The molecule has 1 fully saturated rings. The van der Waals surface area contributed by atoms with Crippen molar-refractivity contribution in [3.8, 4) is 0 Å². The van der Waals surface area contributed by atoms with Gasteiger partial charge in [0.1, 0.15) is 6.04 Å². The molecule has 0 saturated carbocycles. The van der Waals surface area contributed by atoms with E-state index in [1.54, 1.807) is 6.07 Å². The number of piperazine rings is 1. The number of anilines is 1. The minimum Gasteiger partial charge on any atom is -0.367 e. The number of benzene rings is 2. The highest BCUT2D eigenvalue weighted by Gasteiger charge is 2.30. The molecular weight excluding hydrogens is 398 g/mol. The number of hydrogen-bond donors (Lipinski definition) is 1. The van der Waals surface area contributed by atoms with Crippen molar-refractivity contribution < 1.29 is 9.59 Å². The van der Waals surface area contributed by atoms with Gasteiger partial charge in [-0.2, -0.15) is 0 Å². The van der Waals surface area contributed by atoms with Crippen LogP contribution in [0.4, 0.5) is 5.69 Å². The highest BCUT2D eigenvalue weighted by atomic mass is 35.5. The molecule has 1 atom stereocenters. The molecule has 160 valence electrons. The zero-order valence-corrected chi connectivity index (χ0v) is 18.7. The molecule has 0 radical (unpaired) electrons. The SMILES string of the molecule is Cc1ccccc1C(=O)N[C@H](CC(C)C)C(=O)N1CCN(c2ccccc2Cl)CC1. The fourth-order valence-electron chi connectivity index (χ4n) is 3.85. The summed E-state index contributed by atoms with van der Waals surface area (Å²) in [7, 11) is 0. The number of nitrogens with zero attached hydrogens (tertiary/aromatic N) is 2. The highest BCUT2D eigenvalue weighted by Crippen LogP contribution is 2.26. The number of nitrogens with one attached hydrogen (secondary N) is 1. The van der Waals surface area contributed by atoms with Gasteiger partial charge in [-0.25, -0.2) is 0 Å². The Bertz CT molecular complexity index is 892. The van der Waals surface area contributed by atoms with Crippen molar-refractivity contribution >= 4 is 29.1 Å². The minimum absolute atomic E-state index is 0.00978. The van der Waals surface area contributed by atoms with E-state index in [2.05, 4.69) is 24.1 Å². The molecule has 0 spiro atoms. The highest BCUT2D eigenvalue weighted by molar-refractivity contribution is 6.33. The predicted molar refractivity (Wildman–Crippen MR) is 122 cm³/mol. The van der Waals surface area contributed by atoms with E-state index in [0.717, 1.165) is 29.4 Å². The third-order valence-electron chi connectivity index (χ3n) is 5.48. The Morgan fingerprint density at radius 1 is 1.00 bits per heavy atom. The van der Waals surface area contributed by atoms with Gasteiger partial charge in [-0.3, -0.25) is 9.59 Å². The Hall–Kier alpha value is -2.53. The lowest BCUT2D eigenvalue weighted by molar-refractivity contribution is -0.134. The van der Waals surface area contributed by atoms with Gasteiger partial charge in [-0.15, -0.1) is 0 Å². The molecule has 6 heteroatoms. The van der Waals surface area contributed by atoms with Crippen LogP contribution >= 0.6 is 11.6 Å². The molecule has 0 bridgehead atoms. The number of carbonyl (C=O) groups excluding carboxylic acids is 2. The fraction of sp³-hybridized carbons (Fsp3) is 0.417. The maximum atomic E-state index is 13.3. The third kappa shape index (κ3) is 5.33. The Morgan fingerprint density at radius 3 is 2.27 bits per heavy atom. The molecule has 0 unspecified atom stereocenters. The molecule has 2 amide bonds. The van der Waals surface area contributed by atoms with Crippen molar-refractivity contribution in [3.63, 3.8) is 0 Å². The summed E-state index contributed by atoms with van der Waals surface area (Å²) < 4.78 is 0. The first-order valence-electron chi connectivity index (χ1n) is 10.5. The number of rotatable bonds is 6. The molecule has 5 nitrogen and oxygen atoms in total. The summed E-state index contributed by atoms with van der Waals surface area (Å²) in [5, 5.41) is 3.71. The van der Waals surface area contributed by atoms with E-state index in [9.17, 15) is 9.59 Å².